The molecule has 0 bridgehead atoms. The summed E-state index contributed by atoms with van der Waals surface area (Å²) >= 11 is 0. The third-order valence-corrected chi connectivity index (χ3v) is 4.13. The second-order valence-electron chi connectivity index (χ2n) is 5.71. The van der Waals surface area contributed by atoms with Crippen molar-refractivity contribution < 1.29 is 29.9 Å². The van der Waals surface area contributed by atoms with Gasteiger partial charge in [0.2, 0.25) is 0 Å². The van der Waals surface area contributed by atoms with Crippen LogP contribution in [-0.4, -0.2) is 114 Å². The van der Waals surface area contributed by atoms with E-state index >= 15 is 0 Å². The zero-order valence-electron chi connectivity index (χ0n) is 12.3. The average Bonchev–Trinajstić information content (AvgIpc) is 2.49. The number of hydrogen-bond donors (Lipinski definition) is 4. The first kappa shape index (κ1) is 17.0. The van der Waals surface area contributed by atoms with Crippen LogP contribution in [0.3, 0.4) is 0 Å². The van der Waals surface area contributed by atoms with Gasteiger partial charge in [0.25, 0.3) is 0 Å². The molecule has 0 aromatic carbocycles. The Bertz CT molecular complexity index is 311. The van der Waals surface area contributed by atoms with E-state index in [2.05, 4.69) is 16.8 Å². The Hall–Kier alpha value is -0.320. The van der Waals surface area contributed by atoms with E-state index in [1.165, 1.54) is 0 Å². The van der Waals surface area contributed by atoms with Gasteiger partial charge >= 0.3 is 0 Å². The summed E-state index contributed by atoms with van der Waals surface area (Å²) in [7, 11) is 2.09. The standard InChI is InChI=1S/C13H26N2O6/c1-14-2-4-15(5-3-14)6-7-20-13-12(19)11(18)10(17)9(8-16)21-13/h9-13,16-19H,2-8H2,1H3. The van der Waals surface area contributed by atoms with Crippen molar-refractivity contribution in [1.82, 2.24) is 9.80 Å². The quantitative estimate of drug-likeness (QED) is 0.427. The summed E-state index contributed by atoms with van der Waals surface area (Å²) in [6, 6.07) is 0. The lowest BCUT2D eigenvalue weighted by molar-refractivity contribution is -0.301. The van der Waals surface area contributed by atoms with Crippen molar-refractivity contribution in [2.75, 3.05) is 53.0 Å². The molecule has 2 rings (SSSR count). The normalized spacial score (nSPS) is 39.6. The summed E-state index contributed by atoms with van der Waals surface area (Å²) in [6.45, 7) is 4.59. The molecule has 21 heavy (non-hydrogen) atoms. The maximum atomic E-state index is 9.83. The van der Waals surface area contributed by atoms with Crippen LogP contribution in [0.4, 0.5) is 0 Å². The molecule has 8 nitrogen and oxygen atoms in total. The van der Waals surface area contributed by atoms with Crippen molar-refractivity contribution in [2.24, 2.45) is 0 Å². The van der Waals surface area contributed by atoms with E-state index in [1.54, 1.807) is 0 Å². The van der Waals surface area contributed by atoms with Gasteiger partial charge in [-0.1, -0.05) is 0 Å². The summed E-state index contributed by atoms with van der Waals surface area (Å²) in [5.41, 5.74) is 0. The van der Waals surface area contributed by atoms with E-state index < -0.39 is 37.3 Å². The van der Waals surface area contributed by atoms with Gasteiger partial charge in [0.15, 0.2) is 6.29 Å². The Labute approximate surface area is 124 Å². The van der Waals surface area contributed by atoms with Crippen LogP contribution in [-0.2, 0) is 9.47 Å². The number of hydrogen-bond acceptors (Lipinski definition) is 8. The highest BCUT2D eigenvalue weighted by molar-refractivity contribution is 4.88. The number of piperazine rings is 1. The SMILES string of the molecule is CN1CCN(CCOC2OC(CO)C(O)C(O)C2O)CC1. The molecule has 124 valence electrons. The van der Waals surface area contributed by atoms with Crippen LogP contribution in [0.1, 0.15) is 0 Å². The smallest absolute Gasteiger partial charge is 0.186 e. The minimum absolute atomic E-state index is 0.354. The Morgan fingerprint density at radius 3 is 2.33 bits per heavy atom. The summed E-state index contributed by atoms with van der Waals surface area (Å²) in [5, 5.41) is 38.2. The number of ether oxygens (including phenoxy) is 2. The minimum Gasteiger partial charge on any atom is -0.394 e. The third-order valence-electron chi connectivity index (χ3n) is 4.13. The topological polar surface area (TPSA) is 106 Å². The summed E-state index contributed by atoms with van der Waals surface area (Å²) < 4.78 is 10.7. The van der Waals surface area contributed by atoms with Crippen molar-refractivity contribution >= 4 is 0 Å². The van der Waals surface area contributed by atoms with E-state index in [-0.39, 0.29) is 0 Å². The summed E-state index contributed by atoms with van der Waals surface area (Å²) in [5.74, 6) is 0. The fourth-order valence-electron chi connectivity index (χ4n) is 2.57. The molecule has 5 atom stereocenters. The molecule has 2 aliphatic heterocycles. The van der Waals surface area contributed by atoms with E-state index in [4.69, 9.17) is 14.6 Å². The van der Waals surface area contributed by atoms with Crippen molar-refractivity contribution in [3.8, 4) is 0 Å². The van der Waals surface area contributed by atoms with E-state index in [0.717, 1.165) is 26.2 Å². The second-order valence-corrected chi connectivity index (χ2v) is 5.71. The minimum atomic E-state index is -1.38. The van der Waals surface area contributed by atoms with Crippen LogP contribution in [0.15, 0.2) is 0 Å². The predicted molar refractivity (Wildman–Crippen MR) is 73.7 cm³/mol. The summed E-state index contributed by atoms with van der Waals surface area (Å²) in [6.07, 6.45) is -6.01. The number of aliphatic hydroxyl groups is 4. The molecule has 8 heteroatoms. The molecule has 0 amide bonds. The van der Waals surface area contributed by atoms with Crippen molar-refractivity contribution in [3.05, 3.63) is 0 Å². The molecule has 0 saturated carbocycles. The summed E-state index contributed by atoms with van der Waals surface area (Å²) in [4.78, 5) is 4.51. The fourth-order valence-corrected chi connectivity index (χ4v) is 2.57. The van der Waals surface area contributed by atoms with Gasteiger partial charge in [-0.25, -0.2) is 0 Å². The largest absolute Gasteiger partial charge is 0.394 e. The fraction of sp³-hybridized carbons (Fsp3) is 1.00. The molecule has 2 heterocycles. The highest BCUT2D eigenvalue weighted by Gasteiger charge is 2.43. The molecule has 0 aromatic heterocycles. The first-order valence-electron chi connectivity index (χ1n) is 7.36. The zero-order chi connectivity index (χ0) is 15.4. The molecule has 2 saturated heterocycles. The Balaban J connectivity index is 1.74. The Morgan fingerprint density at radius 1 is 1.05 bits per heavy atom. The number of rotatable bonds is 5. The third kappa shape index (κ3) is 4.33. The van der Waals surface area contributed by atoms with E-state index in [9.17, 15) is 15.3 Å². The van der Waals surface area contributed by atoms with Gasteiger partial charge in [0.1, 0.15) is 24.4 Å². The Kier molecular flexibility index (Phi) is 6.33. The maximum absolute atomic E-state index is 9.83. The van der Waals surface area contributed by atoms with Crippen LogP contribution in [0.2, 0.25) is 0 Å². The van der Waals surface area contributed by atoms with Crippen molar-refractivity contribution in [3.63, 3.8) is 0 Å². The first-order valence-corrected chi connectivity index (χ1v) is 7.36. The lowest BCUT2D eigenvalue weighted by Crippen LogP contribution is -2.59. The molecule has 0 radical (unpaired) electrons. The van der Waals surface area contributed by atoms with Gasteiger partial charge in [0.05, 0.1) is 13.2 Å². The predicted octanol–water partition coefficient (Wildman–Crippen LogP) is -2.95. The highest BCUT2D eigenvalue weighted by Crippen LogP contribution is 2.21. The highest BCUT2D eigenvalue weighted by atomic mass is 16.7. The maximum Gasteiger partial charge on any atom is 0.186 e. The second kappa shape index (κ2) is 7.80. The van der Waals surface area contributed by atoms with E-state index in [0.29, 0.717) is 13.2 Å². The first-order chi connectivity index (χ1) is 10.0. The molecular formula is C13H26N2O6. The van der Waals surface area contributed by atoms with Gasteiger partial charge in [-0.05, 0) is 7.05 Å². The molecular weight excluding hydrogens is 280 g/mol. The molecule has 0 aromatic rings. The number of nitrogens with zero attached hydrogens (tertiary/aromatic N) is 2. The van der Waals surface area contributed by atoms with Gasteiger partial charge in [-0.15, -0.1) is 0 Å². The van der Waals surface area contributed by atoms with E-state index in [1.807, 2.05) is 0 Å². The number of likely N-dealkylation sites (N-methyl/N-ethyl adjacent to an activating group) is 1. The van der Waals surface area contributed by atoms with Crippen molar-refractivity contribution in [2.45, 2.75) is 30.7 Å². The Morgan fingerprint density at radius 2 is 1.71 bits per heavy atom. The molecule has 5 unspecified atom stereocenters. The van der Waals surface area contributed by atoms with Gasteiger partial charge in [0, 0.05) is 32.7 Å². The lowest BCUT2D eigenvalue weighted by atomic mass is 9.99. The van der Waals surface area contributed by atoms with Gasteiger partial charge in [-0.3, -0.25) is 4.90 Å². The number of aliphatic hydroxyl groups excluding tert-OH is 4. The van der Waals surface area contributed by atoms with Gasteiger partial charge < -0.3 is 34.8 Å². The molecule has 2 aliphatic rings. The van der Waals surface area contributed by atoms with Gasteiger partial charge in [-0.2, -0.15) is 0 Å². The van der Waals surface area contributed by atoms with Crippen LogP contribution in [0, 0.1) is 0 Å². The molecule has 0 aliphatic carbocycles. The van der Waals surface area contributed by atoms with Crippen LogP contribution < -0.4 is 0 Å². The zero-order valence-corrected chi connectivity index (χ0v) is 12.3. The molecule has 4 N–H and O–H groups in total. The average molecular weight is 306 g/mol. The van der Waals surface area contributed by atoms with Crippen LogP contribution in [0.5, 0.6) is 0 Å². The van der Waals surface area contributed by atoms with Crippen molar-refractivity contribution in [1.29, 1.82) is 0 Å². The molecule has 2 fully saturated rings. The van der Waals surface area contributed by atoms with Crippen LogP contribution in [0.25, 0.3) is 0 Å². The molecule has 0 spiro atoms. The van der Waals surface area contributed by atoms with Crippen LogP contribution >= 0.6 is 0 Å². The monoisotopic (exact) mass is 306 g/mol. The lowest BCUT2D eigenvalue weighted by Gasteiger charge is -2.40.